The fraction of sp³-hybridized carbons (Fsp3) is 0.576. The molecular weight excluding hydrogens is 651 g/mol. The van der Waals surface area contributed by atoms with E-state index in [2.05, 4.69) is 15.6 Å². The number of anilines is 1. The first-order chi connectivity index (χ1) is 22.4. The Labute approximate surface area is 278 Å². The second-order valence-electron chi connectivity index (χ2n) is 13.4. The van der Waals surface area contributed by atoms with E-state index in [4.69, 9.17) is 14.2 Å². The number of carbonyl (C=O) groups is 1. The molecule has 4 unspecified atom stereocenters. The van der Waals surface area contributed by atoms with Crippen LogP contribution < -0.4 is 10.6 Å². The van der Waals surface area contributed by atoms with Crippen LogP contribution in [-0.4, -0.2) is 74.6 Å². The smallest absolute Gasteiger partial charge is 0.407 e. The summed E-state index contributed by atoms with van der Waals surface area (Å²) < 4.78 is 75.8. The monoisotopic (exact) mass is 692 g/mol. The van der Waals surface area contributed by atoms with E-state index in [-0.39, 0.29) is 61.5 Å². The van der Waals surface area contributed by atoms with Crippen molar-refractivity contribution < 1.29 is 36.2 Å². The predicted octanol–water partition coefficient (Wildman–Crippen LogP) is 5.92. The van der Waals surface area contributed by atoms with Gasteiger partial charge < -0.3 is 24.8 Å². The van der Waals surface area contributed by atoms with Gasteiger partial charge in [-0.1, -0.05) is 32.1 Å². The van der Waals surface area contributed by atoms with Gasteiger partial charge in [0.05, 0.1) is 28.3 Å². The number of nitrogens with one attached hydrogen (secondary N) is 2. The van der Waals surface area contributed by atoms with Crippen LogP contribution >= 0.6 is 11.3 Å². The Balaban J connectivity index is 1.19. The maximum absolute atomic E-state index is 14.1. The van der Waals surface area contributed by atoms with Gasteiger partial charge in [-0.15, -0.1) is 0 Å². The van der Waals surface area contributed by atoms with Gasteiger partial charge in [0.25, 0.3) is 0 Å². The molecule has 14 heteroatoms. The highest BCUT2D eigenvalue weighted by atomic mass is 32.2. The van der Waals surface area contributed by atoms with Gasteiger partial charge in [0.15, 0.2) is 11.4 Å². The molecule has 3 aromatic rings. The largest absolute Gasteiger partial charge is 0.443 e. The molecule has 256 valence electrons. The van der Waals surface area contributed by atoms with Gasteiger partial charge in [-0.2, -0.15) is 4.31 Å². The van der Waals surface area contributed by atoms with Crippen LogP contribution in [0.5, 0.6) is 0 Å². The van der Waals surface area contributed by atoms with Gasteiger partial charge >= 0.3 is 6.09 Å². The minimum absolute atomic E-state index is 0.00929. The van der Waals surface area contributed by atoms with E-state index >= 15 is 0 Å². The van der Waals surface area contributed by atoms with Crippen molar-refractivity contribution in [3.05, 3.63) is 53.6 Å². The minimum Gasteiger partial charge on any atom is -0.443 e. The van der Waals surface area contributed by atoms with Gasteiger partial charge in [-0.3, -0.25) is 0 Å². The van der Waals surface area contributed by atoms with Crippen molar-refractivity contribution >= 4 is 42.8 Å². The van der Waals surface area contributed by atoms with E-state index in [9.17, 15) is 22.0 Å². The van der Waals surface area contributed by atoms with Gasteiger partial charge in [-0.05, 0) is 73.9 Å². The van der Waals surface area contributed by atoms with Crippen molar-refractivity contribution in [1.82, 2.24) is 14.6 Å². The zero-order valence-corrected chi connectivity index (χ0v) is 28.4. The normalized spacial score (nSPS) is 23.6. The molecule has 3 aliphatic heterocycles. The Morgan fingerprint density at radius 2 is 1.87 bits per heavy atom. The molecule has 5 atom stereocenters. The fourth-order valence-electron chi connectivity index (χ4n) is 6.24. The Morgan fingerprint density at radius 1 is 1.13 bits per heavy atom. The Morgan fingerprint density at radius 3 is 2.57 bits per heavy atom. The van der Waals surface area contributed by atoms with Crippen molar-refractivity contribution in [3.8, 4) is 0 Å². The number of nitrogens with zero attached hydrogens (tertiary/aromatic N) is 2. The Kier molecular flexibility index (Phi) is 10.3. The molecule has 1 aliphatic carbocycles. The standard InChI is InChI=1S/C33H42F2N4O6S2/c1-19(2)16-39(47(41,42)27-6-7-28-30(15-27)46-32(38-28)36-25-4-5-25)9-8-26(13-21-11-23(34)14-24(35)12-21)37-33(40)45-29-18-44-31-20(3)10-22(29)17-43-31/h6-7,11-12,14-15,19-20,22,25-26,29,31H,4-5,8-10,13,16-18H2,1-3H3,(H,36,38)(H,37,40)/t20?,22?,26-,29?,31?/m1/s1. The Hall–Kier alpha value is -2.91. The highest BCUT2D eigenvalue weighted by Crippen LogP contribution is 2.34. The van der Waals surface area contributed by atoms with Crippen molar-refractivity contribution in [3.63, 3.8) is 0 Å². The summed E-state index contributed by atoms with van der Waals surface area (Å²) in [4.78, 5) is 18.0. The lowest BCUT2D eigenvalue weighted by Gasteiger charge is -2.31. The summed E-state index contributed by atoms with van der Waals surface area (Å²) in [6.07, 6.45) is 1.69. The van der Waals surface area contributed by atoms with Gasteiger partial charge in [-0.25, -0.2) is 27.0 Å². The first-order valence-electron chi connectivity index (χ1n) is 16.3. The maximum Gasteiger partial charge on any atom is 0.407 e. The molecule has 2 N–H and O–H groups in total. The summed E-state index contributed by atoms with van der Waals surface area (Å²) in [6.45, 7) is 6.82. The van der Waals surface area contributed by atoms with Crippen molar-refractivity contribution in [2.45, 2.75) is 82.2 Å². The summed E-state index contributed by atoms with van der Waals surface area (Å²) in [5, 5.41) is 6.99. The SMILES string of the molecule is CC(C)CN(CC[C@H](Cc1cc(F)cc(F)c1)NC(=O)OC1COC2OCC1CC2C)S(=O)(=O)c1ccc2nc(NC3CC3)sc2c1. The summed E-state index contributed by atoms with van der Waals surface area (Å²) in [5.41, 5.74) is 1.06. The third-order valence-corrected chi connectivity index (χ3v) is 11.6. The lowest BCUT2D eigenvalue weighted by Crippen LogP contribution is -2.44. The molecule has 3 saturated heterocycles. The number of ether oxygens (including phenoxy) is 3. The number of fused-ring (bicyclic) bond motifs is 5. The second-order valence-corrected chi connectivity index (χ2v) is 16.4. The van der Waals surface area contributed by atoms with Crippen LogP contribution in [0.15, 0.2) is 41.3 Å². The van der Waals surface area contributed by atoms with Crippen LogP contribution in [0, 0.1) is 29.4 Å². The molecule has 0 radical (unpaired) electrons. The number of hydrogen-bond acceptors (Lipinski definition) is 9. The lowest BCUT2D eigenvalue weighted by molar-refractivity contribution is -0.175. The Bertz CT molecular complexity index is 1660. The molecule has 2 aromatic carbocycles. The topological polar surface area (TPSA) is 119 Å². The van der Waals surface area contributed by atoms with Crippen LogP contribution in [0.4, 0.5) is 18.7 Å². The molecular formula is C33H42F2N4O6S2. The van der Waals surface area contributed by atoms with E-state index in [0.29, 0.717) is 18.2 Å². The van der Waals surface area contributed by atoms with Crippen LogP contribution in [0.2, 0.25) is 0 Å². The second kappa shape index (κ2) is 14.3. The minimum atomic E-state index is -3.94. The first kappa shape index (κ1) is 34.0. The molecule has 7 rings (SSSR count). The van der Waals surface area contributed by atoms with Crippen LogP contribution in [0.3, 0.4) is 0 Å². The van der Waals surface area contributed by atoms with Gasteiger partial charge in [0, 0.05) is 43.1 Å². The van der Waals surface area contributed by atoms with Crippen LogP contribution in [-0.2, 0) is 30.7 Å². The molecule has 2 bridgehead atoms. The number of amides is 1. The van der Waals surface area contributed by atoms with E-state index in [1.54, 1.807) is 18.2 Å². The third kappa shape index (κ3) is 8.58. The molecule has 0 spiro atoms. The predicted molar refractivity (Wildman–Crippen MR) is 175 cm³/mol. The average molecular weight is 693 g/mol. The molecule has 4 heterocycles. The number of carbonyl (C=O) groups excluding carboxylic acids is 1. The zero-order valence-electron chi connectivity index (χ0n) is 26.8. The number of benzene rings is 2. The van der Waals surface area contributed by atoms with Crippen LogP contribution in [0.25, 0.3) is 10.2 Å². The number of halogens is 2. The fourth-order valence-corrected chi connectivity index (χ4v) is 8.94. The van der Waals surface area contributed by atoms with E-state index < -0.39 is 39.9 Å². The van der Waals surface area contributed by atoms with E-state index in [0.717, 1.165) is 40.7 Å². The summed E-state index contributed by atoms with van der Waals surface area (Å²) in [6, 6.07) is 7.88. The van der Waals surface area contributed by atoms with Gasteiger partial charge in [0.1, 0.15) is 17.7 Å². The molecule has 1 amide bonds. The molecule has 1 aromatic heterocycles. The van der Waals surface area contributed by atoms with Crippen molar-refractivity contribution in [1.29, 1.82) is 0 Å². The number of rotatable bonds is 13. The average Bonchev–Trinajstić information content (AvgIpc) is 3.77. The molecule has 4 fully saturated rings. The first-order valence-corrected chi connectivity index (χ1v) is 18.5. The van der Waals surface area contributed by atoms with E-state index in [1.165, 1.54) is 27.8 Å². The quantitative estimate of drug-likeness (QED) is 0.227. The summed E-state index contributed by atoms with van der Waals surface area (Å²) >= 11 is 1.43. The maximum atomic E-state index is 14.1. The number of thiazole rings is 1. The number of alkyl carbamates (subject to hydrolysis) is 1. The molecule has 47 heavy (non-hydrogen) atoms. The summed E-state index contributed by atoms with van der Waals surface area (Å²) in [7, 11) is -3.94. The molecule has 10 nitrogen and oxygen atoms in total. The summed E-state index contributed by atoms with van der Waals surface area (Å²) in [5.74, 6) is -1.31. The number of sulfonamides is 1. The van der Waals surface area contributed by atoms with Crippen molar-refractivity contribution in [2.24, 2.45) is 17.8 Å². The lowest BCUT2D eigenvalue weighted by atomic mass is 9.91. The number of hydrogen-bond donors (Lipinski definition) is 2. The molecule has 1 saturated carbocycles. The molecule has 4 aliphatic rings. The van der Waals surface area contributed by atoms with Crippen molar-refractivity contribution in [2.75, 3.05) is 31.6 Å². The zero-order chi connectivity index (χ0) is 33.3. The highest BCUT2D eigenvalue weighted by molar-refractivity contribution is 7.89. The van der Waals surface area contributed by atoms with E-state index in [1.807, 2.05) is 20.8 Å². The van der Waals surface area contributed by atoms with Gasteiger partial charge in [0.2, 0.25) is 10.0 Å². The number of aromatic nitrogens is 1. The van der Waals surface area contributed by atoms with Crippen LogP contribution in [0.1, 0.15) is 52.0 Å². The third-order valence-electron chi connectivity index (χ3n) is 8.75. The highest BCUT2D eigenvalue weighted by Gasteiger charge is 2.40.